The summed E-state index contributed by atoms with van der Waals surface area (Å²) in [4.78, 5) is 143. The van der Waals surface area contributed by atoms with E-state index in [1.165, 1.54) is 81.4 Å². The van der Waals surface area contributed by atoms with Crippen molar-refractivity contribution in [1.29, 1.82) is 0 Å². The lowest BCUT2D eigenvalue weighted by atomic mass is 9.80. The summed E-state index contributed by atoms with van der Waals surface area (Å²) in [5.74, 6) is -16.5. The standard InChI is InChI=1S/C94H89F9N2O24/c1-10-52(7)83(89(114)124-54(9)92(95,96)97)104-85(110)63-48-67(125-59-24-16-55(17-25-59)32-36-116-40-44-120-71(106)12-3)77-79-69(127-61-28-20-57(21-29-61)34-38-118-42-46-122-73(108)14-5)50-65-76-66(88(113)105(87(65)112)84(53(8)11-2)90(115)129-91(93(98,99)100)94(101,102)103)51-70(128-62-30-22-58(23-31-62)35-39-119-43-47-123-74(109)15-6)80(82(76)79)78-68(49-64(86(104)111)75(63)81(77)78)126-60-26-18-56(19-27-60)33-37-117-41-45-121-72(107)13-4/h12-31,48-54,83-84,91H,3-6,10-11,32-47H2,1-2,7-9H3. The summed E-state index contributed by atoms with van der Waals surface area (Å²) in [6.07, 6.45) is -20.7. The van der Waals surface area contributed by atoms with Crippen LogP contribution in [0.25, 0.3) is 43.1 Å². The van der Waals surface area contributed by atoms with Gasteiger partial charge in [-0.2, -0.15) is 39.5 Å². The molecule has 0 spiro atoms. The summed E-state index contributed by atoms with van der Waals surface area (Å²) in [5.41, 5.74) is 0.414. The Kier molecular flexibility index (Phi) is 31.8. The zero-order valence-corrected chi connectivity index (χ0v) is 70.5. The molecule has 2 aliphatic rings. The number of fused-ring (bicyclic) bond motifs is 2. The number of esters is 6. The number of hydrogen-bond donors (Lipinski definition) is 0. The van der Waals surface area contributed by atoms with Crippen molar-refractivity contribution >= 4 is 103 Å². The summed E-state index contributed by atoms with van der Waals surface area (Å²) < 4.78 is 212. The zero-order chi connectivity index (χ0) is 93.3. The Bertz CT molecular complexity index is 5400. The zero-order valence-electron chi connectivity index (χ0n) is 70.5. The number of carbonyl (C=O) groups excluding carboxylic acids is 10. The Morgan fingerprint density at radius 1 is 0.333 bits per heavy atom. The number of carbonyl (C=O) groups is 10. The fourth-order valence-corrected chi connectivity index (χ4v) is 14.4. The SMILES string of the molecule is C=CC(=O)OCCOCCc1ccc(Oc2cc3c4c(cc(Oc5ccc(CCOCCOC(=O)C=C)cc5)c5c6c(Oc7ccc(CCOCCOC(=O)C=C)cc7)cc7c8c(cc(Oc9ccc(CCOCCOC(=O)C=C)cc9)c(c2c45)c86)C(=O)N(C(C(=O)OC(C(F)(F)F)C(F)(F)F)C(C)CC)C7=O)C(=O)N(C(C(=O)OC(C)C(F)(F)F)C(C)CC)C3=O)cc1. The van der Waals surface area contributed by atoms with Gasteiger partial charge in [0, 0.05) is 67.4 Å². The Labute approximate surface area is 732 Å². The number of rotatable bonds is 46. The van der Waals surface area contributed by atoms with E-state index >= 15 is 19.2 Å². The molecule has 0 aliphatic carbocycles. The first-order chi connectivity index (χ1) is 61.5. The second kappa shape index (κ2) is 42.6. The second-order valence-corrected chi connectivity index (χ2v) is 29.8. The highest BCUT2D eigenvalue weighted by molar-refractivity contribution is 6.45. The molecule has 26 nitrogen and oxygen atoms in total. The van der Waals surface area contributed by atoms with Gasteiger partial charge in [-0.25, -0.2) is 28.8 Å². The average molecular weight is 1800 g/mol. The second-order valence-electron chi connectivity index (χ2n) is 29.8. The number of imide groups is 2. The van der Waals surface area contributed by atoms with Crippen LogP contribution in [0.3, 0.4) is 0 Å². The first-order valence-electron chi connectivity index (χ1n) is 40.8. The van der Waals surface area contributed by atoms with Gasteiger partial charge in [0.1, 0.15) is 84.5 Å². The van der Waals surface area contributed by atoms with E-state index in [-0.39, 0.29) is 200 Å². The Balaban J connectivity index is 1.25. The van der Waals surface area contributed by atoms with Crippen LogP contribution in [0, 0.1) is 11.8 Å². The molecule has 35 heteroatoms. The maximum absolute atomic E-state index is 16.4. The summed E-state index contributed by atoms with van der Waals surface area (Å²) in [6, 6.07) is 24.9. The van der Waals surface area contributed by atoms with Gasteiger partial charge in [0.05, 0.1) is 75.1 Å². The van der Waals surface area contributed by atoms with E-state index in [0.29, 0.717) is 34.1 Å². The van der Waals surface area contributed by atoms with E-state index in [4.69, 9.17) is 61.6 Å². The lowest BCUT2D eigenvalue weighted by Gasteiger charge is -2.37. The first kappa shape index (κ1) is 96.4. The van der Waals surface area contributed by atoms with Crippen molar-refractivity contribution in [3.8, 4) is 46.0 Å². The smallest absolute Gasteiger partial charge is 0.434 e. The molecule has 4 amide bonds. The van der Waals surface area contributed by atoms with E-state index in [0.717, 1.165) is 36.4 Å². The number of nitrogens with zero attached hydrogens (tertiary/aromatic N) is 2. The number of ether oxygens (including phenoxy) is 14. The minimum Gasteiger partial charge on any atom is -0.460 e. The van der Waals surface area contributed by atoms with Crippen molar-refractivity contribution in [3.63, 3.8) is 0 Å². The predicted octanol–water partition coefficient (Wildman–Crippen LogP) is 17.6. The van der Waals surface area contributed by atoms with Crippen LogP contribution in [0.2, 0.25) is 0 Å². The molecular weight excluding hydrogens is 1710 g/mol. The van der Waals surface area contributed by atoms with Gasteiger partial charge in [0.25, 0.3) is 29.7 Å². The third kappa shape index (κ3) is 22.8. The average Bonchev–Trinajstić information content (AvgIpc) is 0.669. The van der Waals surface area contributed by atoms with Crippen molar-refractivity contribution in [3.05, 3.63) is 216 Å². The van der Waals surface area contributed by atoms with Crippen LogP contribution in [-0.2, 0) is 102 Å². The molecule has 0 saturated heterocycles. The van der Waals surface area contributed by atoms with Gasteiger partial charge < -0.3 is 66.3 Å². The maximum atomic E-state index is 16.4. The maximum Gasteiger partial charge on any atom is 0.434 e. The summed E-state index contributed by atoms with van der Waals surface area (Å²) in [6.45, 7) is 19.6. The monoisotopic (exact) mass is 1800 g/mol. The van der Waals surface area contributed by atoms with Gasteiger partial charge in [-0.15, -0.1) is 0 Å². The number of benzene rings is 9. The van der Waals surface area contributed by atoms with Crippen molar-refractivity contribution in [2.75, 3.05) is 79.3 Å². The van der Waals surface area contributed by atoms with E-state index in [1.54, 1.807) is 55.5 Å². The van der Waals surface area contributed by atoms with Gasteiger partial charge in [-0.05, 0) is 139 Å². The molecule has 129 heavy (non-hydrogen) atoms. The molecule has 0 bridgehead atoms. The lowest BCUT2D eigenvalue weighted by molar-refractivity contribution is -0.314. The predicted molar refractivity (Wildman–Crippen MR) is 448 cm³/mol. The molecule has 2 heterocycles. The third-order valence-electron chi connectivity index (χ3n) is 21.2. The van der Waals surface area contributed by atoms with Crippen molar-refractivity contribution in [2.24, 2.45) is 11.8 Å². The Morgan fingerprint density at radius 2 is 0.574 bits per heavy atom. The normalized spacial score (nSPS) is 14.0. The molecule has 0 saturated carbocycles. The lowest BCUT2D eigenvalue weighted by Crippen LogP contribution is -2.56. The van der Waals surface area contributed by atoms with Gasteiger partial charge >= 0.3 is 54.3 Å². The Hall–Kier alpha value is -13.3. The highest BCUT2D eigenvalue weighted by Gasteiger charge is 2.61. The van der Waals surface area contributed by atoms with Crippen LogP contribution in [0.1, 0.15) is 111 Å². The topological polar surface area (TPSA) is 306 Å². The highest BCUT2D eigenvalue weighted by atomic mass is 19.4. The van der Waals surface area contributed by atoms with Gasteiger partial charge in [0.2, 0.25) is 0 Å². The molecule has 0 fully saturated rings. The van der Waals surface area contributed by atoms with Crippen LogP contribution in [0.4, 0.5) is 39.5 Å². The minimum atomic E-state index is -6.30. The van der Waals surface area contributed by atoms with Gasteiger partial charge in [-0.1, -0.05) is 115 Å². The molecule has 9 aromatic rings. The van der Waals surface area contributed by atoms with Gasteiger partial charge in [0.15, 0.2) is 6.10 Å². The molecule has 682 valence electrons. The molecule has 5 unspecified atom stereocenters. The van der Waals surface area contributed by atoms with Crippen LogP contribution in [0.15, 0.2) is 172 Å². The number of amides is 4. The molecule has 5 atom stereocenters. The quantitative estimate of drug-likeness (QED) is 0.00500. The van der Waals surface area contributed by atoms with Crippen molar-refractivity contribution in [1.82, 2.24) is 9.80 Å². The van der Waals surface area contributed by atoms with Crippen LogP contribution in [-0.4, -0.2) is 191 Å². The molecule has 0 aromatic heterocycles. The van der Waals surface area contributed by atoms with Crippen LogP contribution < -0.4 is 18.9 Å². The molecule has 2 aliphatic heterocycles. The summed E-state index contributed by atoms with van der Waals surface area (Å²) in [7, 11) is 0. The largest absolute Gasteiger partial charge is 0.460 e. The fraction of sp³-hybridized carbons (Fsp3) is 0.340. The van der Waals surface area contributed by atoms with Crippen LogP contribution in [0.5, 0.6) is 46.0 Å². The van der Waals surface area contributed by atoms with E-state index in [1.807, 2.05) is 0 Å². The molecule has 0 N–H and O–H groups in total. The fourth-order valence-electron chi connectivity index (χ4n) is 14.4. The molecule has 9 aromatic carbocycles. The number of halogens is 9. The van der Waals surface area contributed by atoms with E-state index in [9.17, 15) is 68.3 Å². The highest BCUT2D eigenvalue weighted by Crippen LogP contribution is 2.59. The van der Waals surface area contributed by atoms with E-state index in [2.05, 4.69) is 31.1 Å². The number of hydrogen-bond acceptors (Lipinski definition) is 24. The number of alkyl halides is 9. The molecule has 11 rings (SSSR count). The summed E-state index contributed by atoms with van der Waals surface area (Å²) in [5, 5.41) is -1.74. The third-order valence-corrected chi connectivity index (χ3v) is 21.2. The molecular formula is C94H89F9N2O24. The molecule has 0 radical (unpaired) electrons. The minimum absolute atomic E-state index is 0.00339. The summed E-state index contributed by atoms with van der Waals surface area (Å²) >= 11 is 0. The first-order valence-corrected chi connectivity index (χ1v) is 40.8. The van der Waals surface area contributed by atoms with Gasteiger partial charge in [-0.3, -0.25) is 29.0 Å². The van der Waals surface area contributed by atoms with Crippen molar-refractivity contribution < 1.29 is 154 Å². The Morgan fingerprint density at radius 3 is 0.791 bits per heavy atom. The van der Waals surface area contributed by atoms with Crippen molar-refractivity contribution in [2.45, 2.75) is 116 Å². The van der Waals surface area contributed by atoms with E-state index < -0.39 is 148 Å². The van der Waals surface area contributed by atoms with Crippen LogP contribution >= 0.6 is 0 Å².